The predicted octanol–water partition coefficient (Wildman–Crippen LogP) is 1.78. The first-order valence-electron chi connectivity index (χ1n) is 3.50. The topological polar surface area (TPSA) is 46.8 Å². The van der Waals surface area contributed by atoms with Crippen molar-refractivity contribution >= 4 is 12.6 Å². The fourth-order valence-corrected chi connectivity index (χ4v) is 1.14. The molecule has 0 saturated heterocycles. The van der Waals surface area contributed by atoms with E-state index in [0.29, 0.717) is 0 Å². The summed E-state index contributed by atoms with van der Waals surface area (Å²) in [5.41, 5.74) is 0.522. The molecule has 0 spiro atoms. The van der Waals surface area contributed by atoms with E-state index < -0.39 is 5.56 Å². The molecule has 1 aliphatic heterocycles. The lowest BCUT2D eigenvalue weighted by atomic mass is 10.2. The summed E-state index contributed by atoms with van der Waals surface area (Å²) in [6, 6.07) is 3.69. The highest BCUT2D eigenvalue weighted by Crippen LogP contribution is 2.27. The zero-order valence-corrected chi connectivity index (χ0v) is 7.06. The highest BCUT2D eigenvalue weighted by molar-refractivity contribution is 7.80. The van der Waals surface area contributed by atoms with Crippen LogP contribution < -0.4 is 0 Å². The van der Waals surface area contributed by atoms with E-state index in [1.807, 2.05) is 12.1 Å². The van der Waals surface area contributed by atoms with E-state index in [9.17, 15) is 0 Å². The Labute approximate surface area is 75.1 Å². The van der Waals surface area contributed by atoms with Gasteiger partial charge >= 0.3 is 0 Å². The highest BCUT2D eigenvalue weighted by atomic mass is 32.1. The molecule has 2 rings (SSSR count). The molecule has 0 aromatic carbocycles. The molecule has 0 saturated carbocycles. The summed E-state index contributed by atoms with van der Waals surface area (Å²) in [7, 11) is 0. The second-order valence-corrected chi connectivity index (χ2v) is 2.77. The molecule has 5 heteroatoms. The first-order valence-corrected chi connectivity index (χ1v) is 4.01. The third-order valence-corrected chi connectivity index (χ3v) is 1.74. The Morgan fingerprint density at radius 1 is 1.25 bits per heavy atom. The summed E-state index contributed by atoms with van der Waals surface area (Å²) in [6.07, 6.45) is 3.08. The van der Waals surface area contributed by atoms with Gasteiger partial charge in [0.1, 0.15) is 0 Å². The van der Waals surface area contributed by atoms with Crippen LogP contribution in [0.15, 0.2) is 34.8 Å². The van der Waals surface area contributed by atoms with Gasteiger partial charge in [-0.25, -0.2) is 0 Å². The van der Waals surface area contributed by atoms with Crippen LogP contribution in [0.3, 0.4) is 0 Å². The van der Waals surface area contributed by atoms with Crippen molar-refractivity contribution in [1.82, 2.24) is 4.98 Å². The Hall–Kier alpha value is -0.940. The molecule has 0 fully saturated rings. The van der Waals surface area contributed by atoms with E-state index in [2.05, 4.69) is 27.8 Å². The van der Waals surface area contributed by atoms with Crippen LogP contribution in [-0.2, 0) is 4.74 Å². The highest BCUT2D eigenvalue weighted by Gasteiger charge is 2.20. The number of hydrogen-bond donors (Lipinski definition) is 1. The molecular weight excluding hydrogens is 174 g/mol. The van der Waals surface area contributed by atoms with Crippen LogP contribution >= 0.6 is 12.6 Å². The summed E-state index contributed by atoms with van der Waals surface area (Å²) in [6.45, 7) is 0. The summed E-state index contributed by atoms with van der Waals surface area (Å²) < 4.78 is 5.25. The van der Waals surface area contributed by atoms with Gasteiger partial charge in [0.05, 0.1) is 0 Å². The molecule has 2 heterocycles. The molecule has 12 heavy (non-hydrogen) atoms. The van der Waals surface area contributed by atoms with E-state index in [0.717, 1.165) is 5.56 Å². The smallest absolute Gasteiger partial charge is 0.215 e. The van der Waals surface area contributed by atoms with Crippen LogP contribution in [0.2, 0.25) is 0 Å². The van der Waals surface area contributed by atoms with E-state index in [1.54, 1.807) is 12.4 Å². The van der Waals surface area contributed by atoms with Gasteiger partial charge in [-0.1, -0.05) is 0 Å². The number of nitrogens with zero attached hydrogens (tertiary/aromatic N) is 3. The second kappa shape index (κ2) is 3.20. The molecule has 2 atom stereocenters. The van der Waals surface area contributed by atoms with Gasteiger partial charge in [0, 0.05) is 18.0 Å². The average molecular weight is 181 g/mol. The third-order valence-electron chi connectivity index (χ3n) is 1.51. The van der Waals surface area contributed by atoms with Gasteiger partial charge in [-0.3, -0.25) is 4.98 Å². The van der Waals surface area contributed by atoms with Gasteiger partial charge < -0.3 is 4.74 Å². The minimum absolute atomic E-state index is 0.310. The van der Waals surface area contributed by atoms with Crippen molar-refractivity contribution in [2.75, 3.05) is 0 Å². The molecular formula is C7H7N3OS. The number of hydrogen-bond acceptors (Lipinski definition) is 5. The largest absolute Gasteiger partial charge is 0.314 e. The zero-order valence-electron chi connectivity index (χ0n) is 6.16. The molecule has 0 radical (unpaired) electrons. The monoisotopic (exact) mass is 181 g/mol. The van der Waals surface area contributed by atoms with E-state index in [-0.39, 0.29) is 6.23 Å². The maximum Gasteiger partial charge on any atom is 0.215 e. The van der Waals surface area contributed by atoms with Crippen LogP contribution in [0.25, 0.3) is 0 Å². The fourth-order valence-electron chi connectivity index (χ4n) is 0.961. The van der Waals surface area contributed by atoms with Gasteiger partial charge in [0.25, 0.3) is 0 Å². The molecule has 1 aromatic rings. The summed E-state index contributed by atoms with van der Waals surface area (Å²) >= 11 is 4.00. The van der Waals surface area contributed by atoms with Crippen LogP contribution in [0.5, 0.6) is 0 Å². The van der Waals surface area contributed by atoms with Crippen molar-refractivity contribution in [3.05, 3.63) is 30.1 Å². The Balaban J connectivity index is 2.18. The molecule has 0 aliphatic carbocycles. The molecule has 1 aromatic heterocycles. The summed E-state index contributed by atoms with van der Waals surface area (Å²) in [5.74, 6) is 0. The SMILES string of the molecule is SC1N=NC(c2ccncc2)O1. The molecule has 1 aliphatic rings. The van der Waals surface area contributed by atoms with Crippen molar-refractivity contribution < 1.29 is 4.74 Å². The average Bonchev–Trinajstić information content (AvgIpc) is 2.54. The Morgan fingerprint density at radius 2 is 2.00 bits per heavy atom. The van der Waals surface area contributed by atoms with E-state index in [1.165, 1.54) is 0 Å². The van der Waals surface area contributed by atoms with Crippen LogP contribution in [0.1, 0.15) is 11.8 Å². The Bertz CT molecular complexity index is 290. The first kappa shape index (κ1) is 7.70. The van der Waals surface area contributed by atoms with Crippen molar-refractivity contribution in [3.63, 3.8) is 0 Å². The Kier molecular flexibility index (Phi) is 2.05. The molecule has 0 N–H and O–H groups in total. The van der Waals surface area contributed by atoms with Gasteiger partial charge in [0.15, 0.2) is 6.23 Å². The number of rotatable bonds is 1. The normalized spacial score (nSPS) is 27.8. The second-order valence-electron chi connectivity index (χ2n) is 2.33. The standard InChI is InChI=1S/C7H7N3OS/c12-7-10-9-6(11-7)5-1-3-8-4-2-5/h1-4,6-7,12H. The van der Waals surface area contributed by atoms with Crippen LogP contribution in [-0.4, -0.2) is 10.5 Å². The maximum absolute atomic E-state index is 5.25. The van der Waals surface area contributed by atoms with Crippen molar-refractivity contribution in [2.24, 2.45) is 10.2 Å². The first-order chi connectivity index (χ1) is 5.86. The molecule has 4 nitrogen and oxygen atoms in total. The summed E-state index contributed by atoms with van der Waals surface area (Å²) in [4.78, 5) is 3.89. The lowest BCUT2D eigenvalue weighted by Crippen LogP contribution is -1.99. The number of thiol groups is 1. The van der Waals surface area contributed by atoms with Gasteiger partial charge in [0.2, 0.25) is 5.56 Å². The van der Waals surface area contributed by atoms with Crippen LogP contribution in [0.4, 0.5) is 0 Å². The van der Waals surface area contributed by atoms with E-state index in [4.69, 9.17) is 4.74 Å². The molecule has 0 amide bonds. The van der Waals surface area contributed by atoms with Crippen molar-refractivity contribution in [1.29, 1.82) is 0 Å². The minimum Gasteiger partial charge on any atom is -0.314 e. The van der Waals surface area contributed by atoms with Gasteiger partial charge in [-0.05, 0) is 12.1 Å². The Morgan fingerprint density at radius 3 is 2.58 bits per heavy atom. The van der Waals surface area contributed by atoms with Gasteiger partial charge in [-0.2, -0.15) is 5.11 Å². The molecule has 2 unspecified atom stereocenters. The van der Waals surface area contributed by atoms with Gasteiger partial charge in [-0.15, -0.1) is 17.7 Å². The van der Waals surface area contributed by atoms with Crippen molar-refractivity contribution in [2.45, 2.75) is 11.8 Å². The lowest BCUT2D eigenvalue weighted by Gasteiger charge is -2.05. The number of azo groups is 1. The quantitative estimate of drug-likeness (QED) is 0.671. The molecule has 62 valence electrons. The fraction of sp³-hybridized carbons (Fsp3) is 0.286. The van der Waals surface area contributed by atoms with Crippen molar-refractivity contribution in [3.8, 4) is 0 Å². The lowest BCUT2D eigenvalue weighted by molar-refractivity contribution is 0.0831. The van der Waals surface area contributed by atoms with E-state index >= 15 is 0 Å². The molecule has 0 bridgehead atoms. The number of aromatic nitrogens is 1. The third kappa shape index (κ3) is 1.46. The predicted molar refractivity (Wildman–Crippen MR) is 45.7 cm³/mol. The summed E-state index contributed by atoms with van der Waals surface area (Å²) in [5, 5.41) is 7.63. The maximum atomic E-state index is 5.25. The van der Waals surface area contributed by atoms with Crippen LogP contribution in [0, 0.1) is 0 Å². The number of ether oxygens (including phenoxy) is 1. The zero-order chi connectivity index (χ0) is 8.39. The number of pyridine rings is 1. The minimum atomic E-state index is -0.428.